The van der Waals surface area contributed by atoms with Crippen LogP contribution in [0.2, 0.25) is 0 Å². The lowest BCUT2D eigenvalue weighted by atomic mass is 10.2. The fourth-order valence-electron chi connectivity index (χ4n) is 1.93. The highest BCUT2D eigenvalue weighted by molar-refractivity contribution is 14.0. The van der Waals surface area contributed by atoms with E-state index in [0.29, 0.717) is 11.5 Å². The number of nitrogens with one attached hydrogen (secondary N) is 3. The van der Waals surface area contributed by atoms with Crippen LogP contribution in [0.1, 0.15) is 5.56 Å². The number of halogens is 2. The molecule has 0 aliphatic carbocycles. The Morgan fingerprint density at radius 1 is 1.04 bits per heavy atom. The van der Waals surface area contributed by atoms with Gasteiger partial charge < -0.3 is 16.0 Å². The smallest absolute Gasteiger partial charge is 0.243 e. The van der Waals surface area contributed by atoms with E-state index in [2.05, 4.69) is 20.9 Å². The molecule has 0 spiro atoms. The van der Waals surface area contributed by atoms with E-state index in [0.717, 1.165) is 5.69 Å². The second-order valence-corrected chi connectivity index (χ2v) is 4.78. The van der Waals surface area contributed by atoms with Crippen molar-refractivity contribution in [1.82, 2.24) is 10.6 Å². The maximum absolute atomic E-state index is 13.5. The third-order valence-electron chi connectivity index (χ3n) is 3.10. The van der Waals surface area contributed by atoms with Gasteiger partial charge in [0, 0.05) is 24.8 Å². The fraction of sp³-hybridized carbons (Fsp3) is 0.176. The van der Waals surface area contributed by atoms with Crippen LogP contribution in [-0.2, 0) is 11.3 Å². The Bertz CT molecular complexity index is 679. The van der Waals surface area contributed by atoms with Gasteiger partial charge in [-0.2, -0.15) is 0 Å². The average molecular weight is 442 g/mol. The summed E-state index contributed by atoms with van der Waals surface area (Å²) in [6.07, 6.45) is 0. The Labute approximate surface area is 157 Å². The number of hydrogen-bond donors (Lipinski definition) is 3. The largest absolute Gasteiger partial charge is 0.352 e. The number of anilines is 1. The van der Waals surface area contributed by atoms with Crippen LogP contribution in [0.25, 0.3) is 0 Å². The van der Waals surface area contributed by atoms with E-state index in [9.17, 15) is 9.18 Å². The highest BCUT2D eigenvalue weighted by atomic mass is 127. The number of carbonyl (C=O) groups is 1. The molecule has 2 aromatic carbocycles. The molecule has 0 saturated heterocycles. The Hall–Kier alpha value is -2.16. The van der Waals surface area contributed by atoms with Crippen LogP contribution in [-0.4, -0.2) is 25.5 Å². The number of rotatable bonds is 5. The molecule has 0 fully saturated rings. The summed E-state index contributed by atoms with van der Waals surface area (Å²) >= 11 is 0. The van der Waals surface area contributed by atoms with Gasteiger partial charge in [0.2, 0.25) is 5.91 Å². The monoisotopic (exact) mass is 442 g/mol. The van der Waals surface area contributed by atoms with Crippen molar-refractivity contribution >= 4 is 41.5 Å². The molecular weight excluding hydrogens is 422 g/mol. The predicted molar refractivity (Wildman–Crippen MR) is 105 cm³/mol. The van der Waals surface area contributed by atoms with Gasteiger partial charge in [0.1, 0.15) is 5.82 Å². The number of para-hydroxylation sites is 1. The summed E-state index contributed by atoms with van der Waals surface area (Å²) in [7, 11) is 1.59. The zero-order chi connectivity index (χ0) is 16.5. The van der Waals surface area contributed by atoms with Gasteiger partial charge in [-0.05, 0) is 18.2 Å². The first kappa shape index (κ1) is 19.9. The van der Waals surface area contributed by atoms with Crippen molar-refractivity contribution in [3.8, 4) is 0 Å². The van der Waals surface area contributed by atoms with Gasteiger partial charge in [0.05, 0.1) is 6.54 Å². The molecule has 0 atom stereocenters. The molecule has 0 heterocycles. The number of benzene rings is 2. The van der Waals surface area contributed by atoms with E-state index in [1.165, 1.54) is 6.07 Å². The molecule has 2 rings (SSSR count). The number of nitrogens with zero attached hydrogens (tertiary/aromatic N) is 1. The van der Waals surface area contributed by atoms with Crippen molar-refractivity contribution in [2.45, 2.75) is 6.54 Å². The van der Waals surface area contributed by atoms with Crippen molar-refractivity contribution in [3.05, 3.63) is 66.0 Å². The predicted octanol–water partition coefficient (Wildman–Crippen LogP) is 2.75. The van der Waals surface area contributed by atoms with Crippen molar-refractivity contribution < 1.29 is 9.18 Å². The standard InChI is InChI=1S/C17H19FN4O.HI/c1-19-17(20-11-13-7-5-6-10-15(13)18)21-12-16(23)22-14-8-3-2-4-9-14;/h2-10H,11-12H2,1H3,(H,22,23)(H2,19,20,21);1H. The normalized spacial score (nSPS) is 10.5. The van der Waals surface area contributed by atoms with Gasteiger partial charge in [0.25, 0.3) is 0 Å². The van der Waals surface area contributed by atoms with E-state index in [1.807, 2.05) is 30.3 Å². The quantitative estimate of drug-likeness (QED) is 0.379. The Kier molecular flexibility index (Phi) is 8.77. The van der Waals surface area contributed by atoms with Crippen LogP contribution in [0.4, 0.5) is 10.1 Å². The van der Waals surface area contributed by atoms with E-state index in [-0.39, 0.29) is 48.8 Å². The summed E-state index contributed by atoms with van der Waals surface area (Å²) in [4.78, 5) is 15.8. The molecule has 0 unspecified atom stereocenters. The molecule has 128 valence electrons. The molecule has 2 aromatic rings. The van der Waals surface area contributed by atoms with Crippen molar-refractivity contribution in [2.75, 3.05) is 18.9 Å². The number of carbonyl (C=O) groups excluding carboxylic acids is 1. The molecule has 5 nitrogen and oxygen atoms in total. The van der Waals surface area contributed by atoms with Crippen molar-refractivity contribution in [1.29, 1.82) is 0 Å². The molecule has 0 radical (unpaired) electrons. The first-order valence-corrected chi connectivity index (χ1v) is 7.22. The number of hydrogen-bond acceptors (Lipinski definition) is 2. The van der Waals surface area contributed by atoms with E-state index in [1.54, 1.807) is 25.2 Å². The van der Waals surface area contributed by atoms with Gasteiger partial charge in [0.15, 0.2) is 5.96 Å². The lowest BCUT2D eigenvalue weighted by molar-refractivity contribution is -0.115. The number of guanidine groups is 1. The number of amides is 1. The molecule has 0 saturated carbocycles. The SMILES string of the molecule is CN=C(NCC(=O)Nc1ccccc1)NCc1ccccc1F.I. The van der Waals surface area contributed by atoms with Crippen LogP contribution < -0.4 is 16.0 Å². The Morgan fingerprint density at radius 3 is 2.38 bits per heavy atom. The lowest BCUT2D eigenvalue weighted by Crippen LogP contribution is -2.41. The summed E-state index contributed by atoms with van der Waals surface area (Å²) in [5.74, 6) is -0.0428. The minimum Gasteiger partial charge on any atom is -0.352 e. The Balaban J connectivity index is 0.00000288. The first-order chi connectivity index (χ1) is 11.2. The molecule has 24 heavy (non-hydrogen) atoms. The second kappa shape index (κ2) is 10.6. The van der Waals surface area contributed by atoms with E-state index >= 15 is 0 Å². The molecule has 0 bridgehead atoms. The molecule has 0 aliphatic heterocycles. The summed E-state index contributed by atoms with van der Waals surface area (Å²) in [6.45, 7) is 0.346. The topological polar surface area (TPSA) is 65.5 Å². The molecule has 7 heteroatoms. The maximum Gasteiger partial charge on any atom is 0.243 e. The average Bonchev–Trinajstić information content (AvgIpc) is 2.57. The molecular formula is C17H20FIN4O. The summed E-state index contributed by atoms with van der Waals surface area (Å²) < 4.78 is 13.5. The van der Waals surface area contributed by atoms with Crippen LogP contribution in [0, 0.1) is 5.82 Å². The highest BCUT2D eigenvalue weighted by Crippen LogP contribution is 2.05. The van der Waals surface area contributed by atoms with Gasteiger partial charge in [-0.15, -0.1) is 24.0 Å². The van der Waals surface area contributed by atoms with E-state index in [4.69, 9.17) is 0 Å². The first-order valence-electron chi connectivity index (χ1n) is 7.22. The number of aliphatic imine (C=N–C) groups is 1. The summed E-state index contributed by atoms with van der Waals surface area (Å²) in [6, 6.07) is 15.7. The molecule has 0 aliphatic rings. The second-order valence-electron chi connectivity index (χ2n) is 4.78. The molecule has 0 aromatic heterocycles. The van der Waals surface area contributed by atoms with Crippen molar-refractivity contribution in [2.24, 2.45) is 4.99 Å². The van der Waals surface area contributed by atoms with Gasteiger partial charge in [-0.25, -0.2) is 4.39 Å². The van der Waals surface area contributed by atoms with Gasteiger partial charge in [-0.1, -0.05) is 36.4 Å². The summed E-state index contributed by atoms with van der Waals surface area (Å²) in [5, 5.41) is 8.61. The van der Waals surface area contributed by atoms with Gasteiger partial charge >= 0.3 is 0 Å². The minimum atomic E-state index is -0.280. The third kappa shape index (κ3) is 6.53. The fourth-order valence-corrected chi connectivity index (χ4v) is 1.93. The van der Waals surface area contributed by atoms with Gasteiger partial charge in [-0.3, -0.25) is 9.79 Å². The summed E-state index contributed by atoms with van der Waals surface area (Å²) in [5.41, 5.74) is 1.26. The van der Waals surface area contributed by atoms with Crippen LogP contribution >= 0.6 is 24.0 Å². The maximum atomic E-state index is 13.5. The van der Waals surface area contributed by atoms with Crippen LogP contribution in [0.5, 0.6) is 0 Å². The highest BCUT2D eigenvalue weighted by Gasteiger charge is 2.05. The zero-order valence-corrected chi connectivity index (χ0v) is 15.6. The third-order valence-corrected chi connectivity index (χ3v) is 3.10. The minimum absolute atomic E-state index is 0. The lowest BCUT2D eigenvalue weighted by Gasteiger charge is -2.12. The van der Waals surface area contributed by atoms with E-state index < -0.39 is 0 Å². The zero-order valence-electron chi connectivity index (χ0n) is 13.3. The molecule has 3 N–H and O–H groups in total. The molecule has 1 amide bonds. The van der Waals surface area contributed by atoms with Crippen LogP contribution in [0.3, 0.4) is 0 Å². The van der Waals surface area contributed by atoms with Crippen molar-refractivity contribution in [3.63, 3.8) is 0 Å². The van der Waals surface area contributed by atoms with Crippen LogP contribution in [0.15, 0.2) is 59.6 Å². The Morgan fingerprint density at radius 2 is 1.71 bits per heavy atom.